The molecule has 68 heavy (non-hydrogen) atoms. The first kappa shape index (κ1) is 61.6. The molecule has 0 fully saturated rings. The van der Waals surface area contributed by atoms with Crippen molar-refractivity contribution in [2.75, 3.05) is 13.1 Å². The molecule has 0 aliphatic rings. The summed E-state index contributed by atoms with van der Waals surface area (Å²) in [5.41, 5.74) is 21.8. The van der Waals surface area contributed by atoms with Crippen LogP contribution in [0.2, 0.25) is 0 Å². The van der Waals surface area contributed by atoms with E-state index in [0.717, 1.165) is 0 Å². The van der Waals surface area contributed by atoms with Crippen molar-refractivity contribution in [3.63, 3.8) is 0 Å². The first-order chi connectivity index (χ1) is 31.7. The number of rotatable bonds is 34. The summed E-state index contributed by atoms with van der Waals surface area (Å²) in [5, 5.41) is 37.9. The predicted molar refractivity (Wildman–Crippen MR) is 244 cm³/mol. The van der Waals surface area contributed by atoms with Crippen molar-refractivity contribution in [1.29, 1.82) is 0 Å². The highest BCUT2D eigenvalue weighted by Gasteiger charge is 2.36. The third-order valence-corrected chi connectivity index (χ3v) is 10.7. The molecule has 0 spiro atoms. The van der Waals surface area contributed by atoms with Gasteiger partial charge in [-0.3, -0.25) is 52.7 Å². The number of aliphatic carboxylic acids is 2. The second-order valence-electron chi connectivity index (χ2n) is 17.1. The van der Waals surface area contributed by atoms with Crippen LogP contribution in [-0.2, 0) is 57.5 Å². The molecule has 386 valence electrons. The Bertz CT molecular complexity index is 1780. The number of nitrogens with two attached hydrogens (primary N) is 4. The number of hydrogen-bond donors (Lipinski definition) is 14. The zero-order valence-electron chi connectivity index (χ0n) is 39.9. The molecular weight excluding hydrogens is 897 g/mol. The number of carboxylic acid groups (broad SMARTS) is 2. The summed E-state index contributed by atoms with van der Waals surface area (Å²) < 4.78 is 0. The fraction of sp³-hybridized carbons (Fsp3) is 0.714. The molecule has 0 rings (SSSR count). The second kappa shape index (κ2) is 31.5. The van der Waals surface area contributed by atoms with Gasteiger partial charge in [0.15, 0.2) is 0 Å². The van der Waals surface area contributed by atoms with E-state index in [4.69, 9.17) is 22.9 Å². The Hall–Kier alpha value is -6.44. The molecule has 0 unspecified atom stereocenters. The van der Waals surface area contributed by atoms with Crippen molar-refractivity contribution in [1.82, 2.24) is 42.5 Å². The zero-order valence-corrected chi connectivity index (χ0v) is 39.9. The molecule has 0 saturated heterocycles. The number of primary amides is 2. The third kappa shape index (κ3) is 23.8. The van der Waals surface area contributed by atoms with Crippen molar-refractivity contribution in [2.45, 2.75) is 161 Å². The topological polar surface area (TPSA) is 446 Å². The summed E-state index contributed by atoms with van der Waals surface area (Å²) >= 11 is 0. The molecule has 0 heterocycles. The standard InChI is InChI=1S/C42H74N12O14/c1-8-21(5)33(40(65)51-26(16-20(3)4)36(61)47-19-31(57)48-28(42(67)68)18-30(46)56)53-37(62)24(12-10-11-15-43)50-39(64)27(17-29(45)55)52-41(66)34(22(6)9-2)54-38(63)25(13-14-32(58)59)49-35(60)23(7)44/h20-28,33-34H,8-19,43-44H2,1-7H3,(H2,45,55)(H2,46,56)(H,47,61)(H,48,57)(H,49,60)(H,50,64)(H,51,65)(H,52,66)(H,53,62)(H,54,63)(H,58,59)(H,67,68)/t21-,22-,23-,24-,25-,26-,27-,28-,33-,34-/m0/s1. The fourth-order valence-electron chi connectivity index (χ4n) is 6.36. The number of nitrogens with one attached hydrogen (secondary N) is 8. The number of carbonyl (C=O) groups is 12. The fourth-order valence-corrected chi connectivity index (χ4v) is 6.36. The lowest BCUT2D eigenvalue weighted by molar-refractivity contribution is -0.143. The zero-order chi connectivity index (χ0) is 52.4. The molecule has 10 atom stereocenters. The van der Waals surface area contributed by atoms with E-state index in [2.05, 4.69) is 42.5 Å². The molecule has 0 bridgehead atoms. The third-order valence-electron chi connectivity index (χ3n) is 10.7. The second-order valence-corrected chi connectivity index (χ2v) is 17.1. The summed E-state index contributed by atoms with van der Waals surface area (Å²) in [6, 6.07) is -11.2. The van der Waals surface area contributed by atoms with Crippen molar-refractivity contribution in [3.05, 3.63) is 0 Å². The minimum absolute atomic E-state index is 0.0418. The molecule has 0 radical (unpaired) electrons. The highest BCUT2D eigenvalue weighted by atomic mass is 16.4. The van der Waals surface area contributed by atoms with Gasteiger partial charge in [-0.1, -0.05) is 54.4 Å². The Labute approximate surface area is 395 Å². The van der Waals surface area contributed by atoms with E-state index in [1.807, 2.05) is 0 Å². The van der Waals surface area contributed by atoms with Crippen LogP contribution in [0, 0.1) is 17.8 Å². The Morgan fingerprint density at radius 3 is 1.38 bits per heavy atom. The van der Waals surface area contributed by atoms with E-state index >= 15 is 0 Å². The maximum absolute atomic E-state index is 14.1. The lowest BCUT2D eigenvalue weighted by Gasteiger charge is -2.30. The van der Waals surface area contributed by atoms with Crippen LogP contribution in [0.25, 0.3) is 0 Å². The van der Waals surface area contributed by atoms with Gasteiger partial charge in [-0.15, -0.1) is 0 Å². The first-order valence-electron chi connectivity index (χ1n) is 22.5. The van der Waals surface area contributed by atoms with Crippen LogP contribution in [0.5, 0.6) is 0 Å². The van der Waals surface area contributed by atoms with Gasteiger partial charge in [-0.25, -0.2) is 4.79 Å². The van der Waals surface area contributed by atoms with Crippen molar-refractivity contribution in [3.8, 4) is 0 Å². The van der Waals surface area contributed by atoms with E-state index in [1.165, 1.54) is 6.92 Å². The van der Waals surface area contributed by atoms with Crippen LogP contribution in [0.4, 0.5) is 0 Å². The molecule has 18 N–H and O–H groups in total. The lowest BCUT2D eigenvalue weighted by atomic mass is 9.96. The lowest BCUT2D eigenvalue weighted by Crippen LogP contribution is -2.61. The highest BCUT2D eigenvalue weighted by molar-refractivity contribution is 5.99. The normalized spacial score (nSPS) is 15.4. The maximum atomic E-state index is 14.1. The number of unbranched alkanes of at least 4 members (excludes halogenated alkanes) is 1. The smallest absolute Gasteiger partial charge is 0.326 e. The Kier molecular flexibility index (Phi) is 28.5. The average Bonchev–Trinajstić information content (AvgIpc) is 3.25. The molecule has 0 aromatic carbocycles. The first-order valence-corrected chi connectivity index (χ1v) is 22.5. The highest BCUT2D eigenvalue weighted by Crippen LogP contribution is 2.14. The van der Waals surface area contributed by atoms with Gasteiger partial charge in [0.2, 0.25) is 59.1 Å². The van der Waals surface area contributed by atoms with Crippen LogP contribution < -0.4 is 65.5 Å². The number of carboxylic acids is 2. The van der Waals surface area contributed by atoms with Gasteiger partial charge in [-0.05, 0) is 63.3 Å². The van der Waals surface area contributed by atoms with Gasteiger partial charge >= 0.3 is 11.9 Å². The van der Waals surface area contributed by atoms with Gasteiger partial charge in [-0.2, -0.15) is 0 Å². The average molecular weight is 971 g/mol. The number of hydrogen-bond acceptors (Lipinski definition) is 14. The minimum atomic E-state index is -1.71. The molecule has 0 aliphatic carbocycles. The van der Waals surface area contributed by atoms with Gasteiger partial charge in [0.1, 0.15) is 42.3 Å². The predicted octanol–water partition coefficient (Wildman–Crippen LogP) is -4.19. The molecule has 0 saturated carbocycles. The quantitative estimate of drug-likeness (QED) is 0.0272. The summed E-state index contributed by atoms with van der Waals surface area (Å²) in [6.07, 6.45) is -1.04. The Balaban J connectivity index is 6.54. The number of carbonyl (C=O) groups excluding carboxylic acids is 10. The van der Waals surface area contributed by atoms with Crippen molar-refractivity contribution < 1.29 is 67.7 Å². The van der Waals surface area contributed by atoms with Gasteiger partial charge in [0.25, 0.3) is 0 Å². The molecule has 10 amide bonds. The minimum Gasteiger partial charge on any atom is -0.481 e. The molecule has 26 heteroatoms. The Morgan fingerprint density at radius 1 is 0.515 bits per heavy atom. The van der Waals surface area contributed by atoms with E-state index < -0.39 is 157 Å². The van der Waals surface area contributed by atoms with Crippen LogP contribution in [0.1, 0.15) is 113 Å². The van der Waals surface area contributed by atoms with Crippen LogP contribution in [-0.4, -0.2) is 143 Å². The number of amides is 10. The summed E-state index contributed by atoms with van der Waals surface area (Å²) in [6.45, 7) is 11.0. The van der Waals surface area contributed by atoms with Crippen LogP contribution in [0.3, 0.4) is 0 Å². The van der Waals surface area contributed by atoms with E-state index in [0.29, 0.717) is 19.3 Å². The molecule has 0 aromatic rings. The largest absolute Gasteiger partial charge is 0.481 e. The summed E-state index contributed by atoms with van der Waals surface area (Å²) in [7, 11) is 0. The molecular formula is C42H74N12O14. The van der Waals surface area contributed by atoms with Gasteiger partial charge < -0.3 is 75.7 Å². The Morgan fingerprint density at radius 2 is 0.956 bits per heavy atom. The van der Waals surface area contributed by atoms with E-state index in [-0.39, 0.29) is 38.1 Å². The van der Waals surface area contributed by atoms with Gasteiger partial charge in [0, 0.05) is 6.42 Å². The summed E-state index contributed by atoms with van der Waals surface area (Å²) in [5.74, 6) is -13.4. The molecule has 26 nitrogen and oxygen atoms in total. The maximum Gasteiger partial charge on any atom is 0.326 e. The summed E-state index contributed by atoms with van der Waals surface area (Å²) in [4.78, 5) is 154. The van der Waals surface area contributed by atoms with Crippen molar-refractivity contribution in [2.24, 2.45) is 40.7 Å². The monoisotopic (exact) mass is 971 g/mol. The molecule has 0 aliphatic heterocycles. The van der Waals surface area contributed by atoms with Crippen molar-refractivity contribution >= 4 is 71.0 Å². The van der Waals surface area contributed by atoms with Crippen LogP contribution >= 0.6 is 0 Å². The SMILES string of the molecule is CC[C@H](C)[C@H](NC(=O)[C@H](CCCCN)NC(=O)[C@H](CC(N)=O)NC(=O)[C@@H](NC(=O)[C@H](CCC(=O)O)NC(=O)[C@H](C)N)[C@@H](C)CC)C(=O)N[C@@H](CC(C)C)C(=O)NCC(=O)N[C@@H](CC(N)=O)C(=O)O. The van der Waals surface area contributed by atoms with Gasteiger partial charge in [0.05, 0.1) is 25.4 Å². The van der Waals surface area contributed by atoms with E-state index in [9.17, 15) is 67.7 Å². The molecule has 0 aromatic heterocycles. The van der Waals surface area contributed by atoms with Crippen LogP contribution in [0.15, 0.2) is 0 Å². The van der Waals surface area contributed by atoms with E-state index in [1.54, 1.807) is 41.5 Å².